The number of halogens is 1. The molecule has 14 heteroatoms. The van der Waals surface area contributed by atoms with Crippen LogP contribution >= 0.6 is 11.6 Å². The number of carbonyl (C=O) groups is 4. The van der Waals surface area contributed by atoms with Gasteiger partial charge in [-0.25, -0.2) is 13.2 Å². The van der Waals surface area contributed by atoms with Crippen LogP contribution in [0.4, 0.5) is 4.79 Å². The maximum Gasteiger partial charge on any atom is 0.410 e. The molecule has 0 bridgehead atoms. The van der Waals surface area contributed by atoms with Crippen LogP contribution in [0.5, 0.6) is 0 Å². The Morgan fingerprint density at radius 1 is 1.04 bits per heavy atom. The first-order chi connectivity index (χ1) is 24.4. The molecule has 2 aromatic carbocycles. The van der Waals surface area contributed by atoms with E-state index in [2.05, 4.69) is 10.0 Å². The fourth-order valence-corrected chi connectivity index (χ4v) is 9.65. The van der Waals surface area contributed by atoms with Crippen molar-refractivity contribution >= 4 is 45.4 Å². The Morgan fingerprint density at radius 3 is 2.57 bits per heavy atom. The molecule has 0 aromatic heterocycles. The van der Waals surface area contributed by atoms with Gasteiger partial charge in [0.15, 0.2) is 0 Å². The number of rotatable bonds is 6. The molecule has 4 N–H and O–H groups in total. The molecule has 0 spiro atoms. The quantitative estimate of drug-likeness (QED) is 0.377. The van der Waals surface area contributed by atoms with Crippen molar-refractivity contribution in [3.05, 3.63) is 82.4 Å². The maximum absolute atomic E-state index is 14.2. The lowest BCUT2D eigenvalue weighted by molar-refractivity contribution is -0.140. The summed E-state index contributed by atoms with van der Waals surface area (Å²) in [4.78, 5) is 58.1. The zero-order valence-electron chi connectivity index (χ0n) is 28.4. The number of nitrogens with one attached hydrogen (secondary N) is 2. The molecule has 12 nitrogen and oxygen atoms in total. The van der Waals surface area contributed by atoms with Crippen molar-refractivity contribution in [2.24, 2.45) is 11.7 Å². The maximum atomic E-state index is 14.2. The van der Waals surface area contributed by atoms with Crippen LogP contribution in [-0.4, -0.2) is 77.1 Å². The third-order valence-corrected chi connectivity index (χ3v) is 13.6. The molecule has 5 atom stereocenters. The lowest BCUT2D eigenvalue weighted by Crippen LogP contribution is -2.58. The van der Waals surface area contributed by atoms with Crippen LogP contribution in [-0.2, 0) is 48.7 Å². The number of hydrogen-bond donors (Lipinski definition) is 3. The van der Waals surface area contributed by atoms with Crippen molar-refractivity contribution in [1.29, 1.82) is 0 Å². The molecule has 272 valence electrons. The minimum absolute atomic E-state index is 0.00569. The van der Waals surface area contributed by atoms with E-state index in [1.54, 1.807) is 6.07 Å². The number of amides is 4. The van der Waals surface area contributed by atoms with Crippen LogP contribution in [0.25, 0.3) is 0 Å². The number of allylic oxidation sites excluding steroid dienone is 1. The molecule has 2 aliphatic carbocycles. The van der Waals surface area contributed by atoms with E-state index in [9.17, 15) is 27.6 Å². The normalized spacial score (nSPS) is 29.4. The highest BCUT2D eigenvalue weighted by Crippen LogP contribution is 2.49. The van der Waals surface area contributed by atoms with Gasteiger partial charge < -0.3 is 20.7 Å². The second kappa shape index (κ2) is 13.9. The summed E-state index contributed by atoms with van der Waals surface area (Å²) in [5.74, 6) is -2.29. The molecule has 51 heavy (non-hydrogen) atoms. The summed E-state index contributed by atoms with van der Waals surface area (Å²) in [6.45, 7) is 0.553. The molecule has 4 amide bonds. The van der Waals surface area contributed by atoms with Crippen molar-refractivity contribution in [1.82, 2.24) is 19.8 Å². The number of nitrogens with zero attached hydrogens (tertiary/aromatic N) is 2. The van der Waals surface area contributed by atoms with E-state index in [-0.39, 0.29) is 32.4 Å². The number of fused-ring (bicyclic) bond motifs is 3. The highest BCUT2D eigenvalue weighted by Gasteiger charge is 2.63. The average molecular weight is 738 g/mol. The van der Waals surface area contributed by atoms with Gasteiger partial charge in [-0.3, -0.25) is 24.0 Å². The molecule has 2 saturated carbocycles. The molecule has 3 fully saturated rings. The van der Waals surface area contributed by atoms with Crippen molar-refractivity contribution in [2.75, 3.05) is 6.54 Å². The summed E-state index contributed by atoms with van der Waals surface area (Å²) in [5.41, 5.74) is 7.47. The first-order valence-corrected chi connectivity index (χ1v) is 19.6. The van der Waals surface area contributed by atoms with Crippen LogP contribution in [0.15, 0.2) is 60.7 Å². The van der Waals surface area contributed by atoms with Gasteiger partial charge in [0.2, 0.25) is 21.8 Å². The number of ether oxygens (including phenoxy) is 1. The van der Waals surface area contributed by atoms with Gasteiger partial charge in [-0.05, 0) is 67.7 Å². The Balaban J connectivity index is 1.09. The number of benzene rings is 2. The fraction of sp³-hybridized carbons (Fsp3) is 0.514. The van der Waals surface area contributed by atoms with E-state index >= 15 is 0 Å². The van der Waals surface area contributed by atoms with Crippen molar-refractivity contribution < 1.29 is 32.3 Å². The molecular weight excluding hydrogens is 694 g/mol. The molecular formula is C37H44ClN5O7S. The number of sulfonamides is 1. The number of hydrogen-bond acceptors (Lipinski definition) is 8. The van der Waals surface area contributed by atoms with Gasteiger partial charge in [-0.15, -0.1) is 0 Å². The van der Waals surface area contributed by atoms with Gasteiger partial charge in [0.05, 0.1) is 23.9 Å². The Labute approximate surface area is 303 Å². The van der Waals surface area contributed by atoms with E-state index in [0.29, 0.717) is 30.8 Å². The SMILES string of the molecule is N[C@H]1CCCCC/C=C\[C@@H]2C[C@@]2(C(=O)NS(=O)(=O)C2(Cc3ccccc3)CC2)NC(=O)[C@@H]2C[C@@H](OC(=O)N3Cc4cccc(Cl)c4C3)CN2C1=O. The van der Waals surface area contributed by atoms with Crippen molar-refractivity contribution in [3.8, 4) is 0 Å². The summed E-state index contributed by atoms with van der Waals surface area (Å²) in [5, 5.41) is 3.43. The minimum atomic E-state index is -4.10. The molecule has 3 heterocycles. The minimum Gasteiger partial charge on any atom is -0.444 e. The molecule has 5 aliphatic rings. The Kier molecular flexibility index (Phi) is 9.66. The number of nitrogens with two attached hydrogens (primary N) is 1. The first kappa shape index (κ1) is 35.5. The van der Waals surface area contributed by atoms with E-state index in [0.717, 1.165) is 42.4 Å². The second-order valence-corrected chi connectivity index (χ2v) is 17.2. The van der Waals surface area contributed by atoms with E-state index in [4.69, 9.17) is 22.1 Å². The predicted molar refractivity (Wildman–Crippen MR) is 189 cm³/mol. The smallest absolute Gasteiger partial charge is 0.410 e. The third kappa shape index (κ3) is 7.12. The van der Waals surface area contributed by atoms with Crippen LogP contribution in [0, 0.1) is 5.92 Å². The van der Waals surface area contributed by atoms with Gasteiger partial charge in [0, 0.05) is 23.9 Å². The lowest BCUT2D eigenvalue weighted by atomic mass is 10.1. The van der Waals surface area contributed by atoms with E-state index < -0.39 is 68.2 Å². The summed E-state index contributed by atoms with van der Waals surface area (Å²) < 4.78 is 34.6. The Hall–Kier alpha value is -3.94. The second-order valence-electron chi connectivity index (χ2n) is 14.7. The molecule has 1 saturated heterocycles. The van der Waals surface area contributed by atoms with Crippen molar-refractivity contribution in [2.45, 2.75) is 106 Å². The van der Waals surface area contributed by atoms with Gasteiger partial charge in [0.25, 0.3) is 5.91 Å². The Morgan fingerprint density at radius 2 is 1.82 bits per heavy atom. The lowest BCUT2D eigenvalue weighted by Gasteiger charge is -2.28. The van der Waals surface area contributed by atoms with Gasteiger partial charge in [0.1, 0.15) is 17.7 Å². The summed E-state index contributed by atoms with van der Waals surface area (Å²) in [6.07, 6.45) is 7.33. The topological polar surface area (TPSA) is 168 Å². The predicted octanol–water partition coefficient (Wildman–Crippen LogP) is 3.71. The highest BCUT2D eigenvalue weighted by atomic mass is 35.5. The standard InChI is InChI=1S/C37H44ClN5O7S/c38-29-14-9-12-25-21-42(23-28(25)29)35(47)50-27-18-31-32(44)40-37(20-26(37)13-7-2-1-3-8-15-30(39)33(45)43(31)22-27)34(46)41-51(48,49)36(16-17-36)19-24-10-5-4-6-11-24/h4-7,9-14,26-27,30-31H,1-3,8,15-23,39H2,(H,40,44)(H,41,46)/b13-7-/t26-,27-,30+,31+,37-/m1/s1. The molecule has 2 aromatic rings. The molecule has 7 rings (SSSR count). The Bertz CT molecular complexity index is 1850. The van der Waals surface area contributed by atoms with Crippen molar-refractivity contribution in [3.63, 3.8) is 0 Å². The van der Waals surface area contributed by atoms with Gasteiger partial charge in [-0.2, -0.15) is 0 Å². The molecule has 0 unspecified atom stereocenters. The first-order valence-electron chi connectivity index (χ1n) is 17.8. The zero-order chi connectivity index (χ0) is 36.0. The summed E-state index contributed by atoms with van der Waals surface area (Å²) >= 11 is 6.35. The largest absolute Gasteiger partial charge is 0.444 e. The van der Waals surface area contributed by atoms with Crippen LogP contribution in [0.1, 0.15) is 74.5 Å². The summed E-state index contributed by atoms with van der Waals surface area (Å²) in [6, 6.07) is 12.8. The molecule has 0 radical (unpaired) electrons. The van der Waals surface area contributed by atoms with Crippen LogP contribution < -0.4 is 15.8 Å². The zero-order valence-corrected chi connectivity index (χ0v) is 30.0. The third-order valence-electron chi connectivity index (χ3n) is 11.1. The van der Waals surface area contributed by atoms with Crippen LogP contribution in [0.3, 0.4) is 0 Å². The molecule has 3 aliphatic heterocycles. The van der Waals surface area contributed by atoms with Gasteiger partial charge >= 0.3 is 6.09 Å². The van der Waals surface area contributed by atoms with Gasteiger partial charge in [-0.1, -0.05) is 79.1 Å². The fourth-order valence-electron chi connectivity index (χ4n) is 7.76. The monoisotopic (exact) mass is 737 g/mol. The van der Waals surface area contributed by atoms with E-state index in [1.165, 1.54) is 9.80 Å². The van der Waals surface area contributed by atoms with E-state index in [1.807, 2.05) is 54.6 Å². The average Bonchev–Trinajstić information content (AvgIpc) is 3.92. The van der Waals surface area contributed by atoms with Crippen LogP contribution in [0.2, 0.25) is 5.02 Å². The summed E-state index contributed by atoms with van der Waals surface area (Å²) in [7, 11) is -4.10. The number of carbonyl (C=O) groups excluding carboxylic acids is 4. The highest BCUT2D eigenvalue weighted by molar-refractivity contribution is 7.91.